The molecule has 2 rings (SSSR count). The monoisotopic (exact) mass is 274 g/mol. The number of pyridine rings is 1. The number of carboxylic acids is 1. The van der Waals surface area contributed by atoms with Gasteiger partial charge in [0, 0.05) is 17.1 Å². The van der Waals surface area contributed by atoms with Crippen LogP contribution < -0.4 is 5.43 Å². The molecule has 1 aromatic carbocycles. The fourth-order valence-electron chi connectivity index (χ4n) is 1.83. The Kier molecular flexibility index (Phi) is 3.52. The molecule has 2 unspecified atom stereocenters. The average molecular weight is 274 g/mol. The van der Waals surface area contributed by atoms with Gasteiger partial charge in [-0.25, -0.2) is 4.79 Å². The summed E-state index contributed by atoms with van der Waals surface area (Å²) in [5, 5.41) is 36.5. The number of H-pyrrole nitrogens is 1. The first kappa shape index (κ1) is 13.7. The predicted octanol–water partition coefficient (Wildman–Crippen LogP) is 0.144. The van der Waals surface area contributed by atoms with Crippen molar-refractivity contribution in [1.29, 1.82) is 5.26 Å². The number of benzene rings is 1. The van der Waals surface area contributed by atoms with E-state index in [-0.39, 0.29) is 10.9 Å². The van der Waals surface area contributed by atoms with Gasteiger partial charge in [0.15, 0.2) is 6.10 Å². The van der Waals surface area contributed by atoms with Gasteiger partial charge in [-0.3, -0.25) is 4.79 Å². The van der Waals surface area contributed by atoms with E-state index in [9.17, 15) is 19.8 Å². The number of hydrogen-bond donors (Lipinski definition) is 4. The minimum absolute atomic E-state index is 0.0617. The Morgan fingerprint density at radius 3 is 2.65 bits per heavy atom. The second-order valence-corrected chi connectivity index (χ2v) is 4.16. The van der Waals surface area contributed by atoms with Crippen molar-refractivity contribution in [2.24, 2.45) is 0 Å². The summed E-state index contributed by atoms with van der Waals surface area (Å²) >= 11 is 0. The standard InChI is InChI=1S/C13H10N2O5/c14-4-10(16)11(17)6-1-2-9-7(3-6)12(18)8(5-15-9)13(19)20/h1-3,5,10-11,16-17H,(H,15,18)(H,19,20). The summed E-state index contributed by atoms with van der Waals surface area (Å²) in [7, 11) is 0. The van der Waals surface area contributed by atoms with E-state index in [4.69, 9.17) is 10.4 Å². The van der Waals surface area contributed by atoms with Crippen molar-refractivity contribution in [3.05, 3.63) is 45.7 Å². The average Bonchev–Trinajstić information content (AvgIpc) is 2.45. The van der Waals surface area contributed by atoms with Crippen molar-refractivity contribution in [2.45, 2.75) is 12.2 Å². The fourth-order valence-corrected chi connectivity index (χ4v) is 1.83. The number of aliphatic hydroxyl groups excluding tert-OH is 2. The molecule has 1 aromatic heterocycles. The number of aromatic nitrogens is 1. The second kappa shape index (κ2) is 5.13. The van der Waals surface area contributed by atoms with Crippen LogP contribution in [0.15, 0.2) is 29.2 Å². The van der Waals surface area contributed by atoms with Gasteiger partial charge in [0.05, 0.1) is 6.07 Å². The second-order valence-electron chi connectivity index (χ2n) is 4.16. The molecular weight excluding hydrogens is 264 g/mol. The van der Waals surface area contributed by atoms with Crippen molar-refractivity contribution in [3.8, 4) is 6.07 Å². The van der Waals surface area contributed by atoms with E-state index in [1.165, 1.54) is 24.3 Å². The molecule has 0 saturated carbocycles. The van der Waals surface area contributed by atoms with E-state index in [1.54, 1.807) is 0 Å². The van der Waals surface area contributed by atoms with Gasteiger partial charge in [0.1, 0.15) is 11.7 Å². The lowest BCUT2D eigenvalue weighted by atomic mass is 10.0. The molecule has 102 valence electrons. The molecule has 2 atom stereocenters. The summed E-state index contributed by atoms with van der Waals surface area (Å²) in [5.41, 5.74) is -0.585. The molecule has 0 saturated heterocycles. The number of aliphatic hydroxyl groups is 2. The van der Waals surface area contributed by atoms with E-state index >= 15 is 0 Å². The zero-order valence-electron chi connectivity index (χ0n) is 10.1. The van der Waals surface area contributed by atoms with Crippen molar-refractivity contribution in [2.75, 3.05) is 0 Å². The van der Waals surface area contributed by atoms with Crippen LogP contribution in [0.1, 0.15) is 22.0 Å². The number of aromatic carboxylic acids is 1. The summed E-state index contributed by atoms with van der Waals surface area (Å²) in [4.78, 5) is 25.5. The molecule has 1 heterocycles. The first-order valence-electron chi connectivity index (χ1n) is 5.60. The molecule has 0 amide bonds. The van der Waals surface area contributed by atoms with Crippen LogP contribution in [0.4, 0.5) is 0 Å². The van der Waals surface area contributed by atoms with Gasteiger partial charge >= 0.3 is 5.97 Å². The number of fused-ring (bicyclic) bond motifs is 1. The Morgan fingerprint density at radius 1 is 1.35 bits per heavy atom. The Labute approximate surface area is 112 Å². The van der Waals surface area contributed by atoms with E-state index in [0.29, 0.717) is 5.52 Å². The third-order valence-electron chi connectivity index (χ3n) is 2.91. The van der Waals surface area contributed by atoms with E-state index in [0.717, 1.165) is 6.20 Å². The summed E-state index contributed by atoms with van der Waals surface area (Å²) < 4.78 is 0. The van der Waals surface area contributed by atoms with Crippen molar-refractivity contribution < 1.29 is 20.1 Å². The Morgan fingerprint density at radius 2 is 2.05 bits per heavy atom. The number of rotatable bonds is 3. The highest BCUT2D eigenvalue weighted by Gasteiger charge is 2.19. The first-order valence-corrected chi connectivity index (χ1v) is 5.60. The largest absolute Gasteiger partial charge is 0.477 e. The maximum atomic E-state index is 12.0. The maximum absolute atomic E-state index is 12.0. The summed E-state index contributed by atoms with van der Waals surface area (Å²) in [5.74, 6) is -1.36. The number of nitriles is 1. The maximum Gasteiger partial charge on any atom is 0.341 e. The highest BCUT2D eigenvalue weighted by Crippen LogP contribution is 2.20. The first-order chi connectivity index (χ1) is 9.45. The summed E-state index contributed by atoms with van der Waals surface area (Å²) in [6.45, 7) is 0. The van der Waals surface area contributed by atoms with Crippen LogP contribution in [0.3, 0.4) is 0 Å². The topological polar surface area (TPSA) is 134 Å². The molecule has 7 heteroatoms. The highest BCUT2D eigenvalue weighted by atomic mass is 16.4. The van der Waals surface area contributed by atoms with Crippen LogP contribution in [-0.2, 0) is 0 Å². The Hall–Kier alpha value is -2.69. The predicted molar refractivity (Wildman–Crippen MR) is 68.1 cm³/mol. The van der Waals surface area contributed by atoms with Gasteiger partial charge in [0.25, 0.3) is 0 Å². The third-order valence-corrected chi connectivity index (χ3v) is 2.91. The van der Waals surface area contributed by atoms with Crippen LogP contribution in [0, 0.1) is 11.3 Å². The van der Waals surface area contributed by atoms with Gasteiger partial charge in [-0.2, -0.15) is 5.26 Å². The number of carbonyl (C=O) groups is 1. The molecule has 7 nitrogen and oxygen atoms in total. The number of aromatic amines is 1. The Bertz CT molecular complexity index is 774. The molecule has 20 heavy (non-hydrogen) atoms. The number of hydrogen-bond acceptors (Lipinski definition) is 5. The number of nitrogens with one attached hydrogen (secondary N) is 1. The molecule has 4 N–H and O–H groups in total. The third kappa shape index (κ3) is 2.25. The quantitative estimate of drug-likeness (QED) is 0.588. The summed E-state index contributed by atoms with van der Waals surface area (Å²) in [6.07, 6.45) is -2.01. The van der Waals surface area contributed by atoms with Crippen molar-refractivity contribution >= 4 is 16.9 Å². The molecule has 0 fully saturated rings. The molecule has 0 aliphatic carbocycles. The molecule has 0 radical (unpaired) electrons. The molecule has 2 aromatic rings. The lowest BCUT2D eigenvalue weighted by Gasteiger charge is -2.12. The molecular formula is C13H10N2O5. The van der Waals surface area contributed by atoms with Gasteiger partial charge in [-0.15, -0.1) is 0 Å². The zero-order valence-corrected chi connectivity index (χ0v) is 10.1. The van der Waals surface area contributed by atoms with Gasteiger partial charge < -0.3 is 20.3 Å². The minimum Gasteiger partial charge on any atom is -0.477 e. The molecule has 0 bridgehead atoms. The smallest absolute Gasteiger partial charge is 0.341 e. The van der Waals surface area contributed by atoms with E-state index in [1.807, 2.05) is 0 Å². The lowest BCUT2D eigenvalue weighted by molar-refractivity contribution is 0.0529. The Balaban J connectivity index is 2.64. The van der Waals surface area contributed by atoms with E-state index < -0.39 is 29.2 Å². The van der Waals surface area contributed by atoms with Gasteiger partial charge in [0.2, 0.25) is 5.43 Å². The molecule has 0 aliphatic rings. The normalized spacial score (nSPS) is 13.7. The van der Waals surface area contributed by atoms with Gasteiger partial charge in [-0.05, 0) is 17.7 Å². The van der Waals surface area contributed by atoms with E-state index in [2.05, 4.69) is 4.98 Å². The number of carboxylic acid groups (broad SMARTS) is 1. The minimum atomic E-state index is -1.63. The van der Waals surface area contributed by atoms with Crippen molar-refractivity contribution in [3.63, 3.8) is 0 Å². The van der Waals surface area contributed by atoms with Crippen LogP contribution >= 0.6 is 0 Å². The van der Waals surface area contributed by atoms with Crippen molar-refractivity contribution in [1.82, 2.24) is 4.98 Å². The molecule has 0 spiro atoms. The van der Waals surface area contributed by atoms with Gasteiger partial charge in [-0.1, -0.05) is 6.07 Å². The zero-order chi connectivity index (χ0) is 14.9. The van der Waals surface area contributed by atoms with Crippen LogP contribution in [0.5, 0.6) is 0 Å². The van der Waals surface area contributed by atoms with Crippen LogP contribution in [-0.4, -0.2) is 32.4 Å². The van der Waals surface area contributed by atoms with Crippen LogP contribution in [0.2, 0.25) is 0 Å². The summed E-state index contributed by atoms with van der Waals surface area (Å²) in [6, 6.07) is 5.63. The number of nitrogens with zero attached hydrogens (tertiary/aromatic N) is 1. The SMILES string of the molecule is N#CC(O)C(O)c1ccc2[nH]cc(C(=O)O)c(=O)c2c1. The molecule has 0 aliphatic heterocycles. The fraction of sp³-hybridized carbons (Fsp3) is 0.154. The highest BCUT2D eigenvalue weighted by molar-refractivity contribution is 5.92. The lowest BCUT2D eigenvalue weighted by Crippen LogP contribution is -2.18. The van der Waals surface area contributed by atoms with Crippen LogP contribution in [0.25, 0.3) is 10.9 Å².